The largest absolute Gasteiger partial charge is 0.495 e. The SMILES string of the molecule is COc1cc(-c2cccc(C(F)F)c2F)c(F)cc1N1C(=O)CO[C@@H]2CN(S(=O)(=O)Nc3ccon3)CC[C@H]21. The summed E-state index contributed by atoms with van der Waals surface area (Å²) in [6.07, 6.45) is -2.52. The second-order valence-corrected chi connectivity index (χ2v) is 10.5. The van der Waals surface area contributed by atoms with Gasteiger partial charge >= 0.3 is 10.2 Å². The summed E-state index contributed by atoms with van der Waals surface area (Å²) in [6.45, 7) is -0.532. The molecule has 15 heteroatoms. The van der Waals surface area contributed by atoms with Crippen molar-refractivity contribution in [2.24, 2.45) is 0 Å². The van der Waals surface area contributed by atoms with E-state index >= 15 is 4.39 Å². The van der Waals surface area contributed by atoms with Crippen molar-refractivity contribution < 1.29 is 44.8 Å². The number of morpholine rings is 1. The number of alkyl halides is 2. The lowest BCUT2D eigenvalue weighted by Gasteiger charge is -2.46. The third-order valence-electron chi connectivity index (χ3n) is 6.60. The zero-order valence-corrected chi connectivity index (χ0v) is 21.1. The summed E-state index contributed by atoms with van der Waals surface area (Å²) in [7, 11) is -2.75. The number of anilines is 2. The van der Waals surface area contributed by atoms with Gasteiger partial charge in [0.1, 0.15) is 30.3 Å². The van der Waals surface area contributed by atoms with Gasteiger partial charge in [-0.2, -0.15) is 12.7 Å². The van der Waals surface area contributed by atoms with Crippen LogP contribution in [-0.2, 0) is 19.7 Å². The van der Waals surface area contributed by atoms with Gasteiger partial charge < -0.3 is 18.9 Å². The fourth-order valence-corrected chi connectivity index (χ4v) is 5.98. The van der Waals surface area contributed by atoms with Crippen molar-refractivity contribution in [3.8, 4) is 16.9 Å². The predicted octanol–water partition coefficient (Wildman–Crippen LogP) is 3.73. The van der Waals surface area contributed by atoms with Gasteiger partial charge in [0.25, 0.3) is 12.3 Å². The lowest BCUT2D eigenvalue weighted by atomic mass is 9.97. The first-order valence-electron chi connectivity index (χ1n) is 11.7. The standard InChI is InChI=1S/C24H22F4N4O6S/c1-36-19-9-15(13-3-2-4-14(23(13)26)24(27)28)16(25)10-18(19)32-17-5-7-31(11-20(17)37-12-22(32)33)39(34,35)30-21-6-8-38-29-21/h2-4,6,8-10,17,20,24H,5,7,11-12H2,1H3,(H,29,30)/t17-,20-/m1/s1. The number of piperidine rings is 1. The van der Waals surface area contributed by atoms with Crippen LogP contribution in [0.4, 0.5) is 29.1 Å². The number of halogens is 4. The van der Waals surface area contributed by atoms with Gasteiger partial charge in [-0.1, -0.05) is 23.4 Å². The maximum atomic E-state index is 15.4. The Morgan fingerprint density at radius 3 is 2.67 bits per heavy atom. The molecule has 39 heavy (non-hydrogen) atoms. The van der Waals surface area contributed by atoms with Crippen LogP contribution in [0.2, 0.25) is 0 Å². The molecule has 3 heterocycles. The summed E-state index contributed by atoms with van der Waals surface area (Å²) in [5.74, 6) is -2.77. The van der Waals surface area contributed by atoms with E-state index < -0.39 is 58.5 Å². The quantitative estimate of drug-likeness (QED) is 0.431. The van der Waals surface area contributed by atoms with E-state index in [2.05, 4.69) is 14.4 Å². The number of carbonyl (C=O) groups is 1. The van der Waals surface area contributed by atoms with Crippen LogP contribution >= 0.6 is 0 Å². The van der Waals surface area contributed by atoms with E-state index in [4.69, 9.17) is 9.47 Å². The van der Waals surface area contributed by atoms with Crippen LogP contribution in [0.25, 0.3) is 11.1 Å². The number of rotatable bonds is 7. The van der Waals surface area contributed by atoms with Crippen LogP contribution in [0, 0.1) is 11.6 Å². The molecule has 10 nitrogen and oxygen atoms in total. The van der Waals surface area contributed by atoms with Crippen LogP contribution in [-0.4, -0.2) is 62.7 Å². The van der Waals surface area contributed by atoms with Crippen molar-refractivity contribution in [3.63, 3.8) is 0 Å². The Morgan fingerprint density at radius 1 is 1.18 bits per heavy atom. The minimum Gasteiger partial charge on any atom is -0.495 e. The zero-order chi connectivity index (χ0) is 27.9. The molecule has 2 saturated heterocycles. The summed E-state index contributed by atoms with van der Waals surface area (Å²) in [5, 5.41) is 3.53. The van der Waals surface area contributed by atoms with E-state index in [-0.39, 0.29) is 47.9 Å². The molecule has 3 aromatic rings. The van der Waals surface area contributed by atoms with Crippen LogP contribution in [0.3, 0.4) is 0 Å². The van der Waals surface area contributed by atoms with Crippen molar-refractivity contribution in [2.45, 2.75) is 25.0 Å². The Balaban J connectivity index is 1.45. The molecule has 1 aromatic heterocycles. The van der Waals surface area contributed by atoms with Gasteiger partial charge in [-0.15, -0.1) is 0 Å². The highest BCUT2D eigenvalue weighted by Crippen LogP contribution is 2.41. The monoisotopic (exact) mass is 570 g/mol. The minimum atomic E-state index is -4.02. The maximum Gasteiger partial charge on any atom is 0.302 e. The Morgan fingerprint density at radius 2 is 1.97 bits per heavy atom. The van der Waals surface area contributed by atoms with Crippen molar-refractivity contribution >= 4 is 27.6 Å². The molecule has 2 aliphatic rings. The van der Waals surface area contributed by atoms with E-state index in [0.717, 1.165) is 28.6 Å². The number of hydrogen-bond acceptors (Lipinski definition) is 7. The molecule has 5 rings (SSSR count). The molecule has 208 valence electrons. The number of ether oxygens (including phenoxy) is 2. The number of benzene rings is 2. The summed E-state index contributed by atoms with van der Waals surface area (Å²) >= 11 is 0. The first-order valence-corrected chi connectivity index (χ1v) is 13.1. The van der Waals surface area contributed by atoms with E-state index in [1.165, 1.54) is 30.4 Å². The third-order valence-corrected chi connectivity index (χ3v) is 8.08. The van der Waals surface area contributed by atoms with Gasteiger partial charge in [-0.25, -0.2) is 17.6 Å². The molecule has 0 aliphatic carbocycles. The molecule has 0 radical (unpaired) electrons. The Kier molecular flexibility index (Phi) is 7.22. The van der Waals surface area contributed by atoms with Gasteiger partial charge in [0.15, 0.2) is 5.82 Å². The second kappa shape index (κ2) is 10.5. The number of fused-ring (bicyclic) bond motifs is 1. The van der Waals surface area contributed by atoms with Gasteiger partial charge in [0.05, 0.1) is 30.5 Å². The number of methoxy groups -OCH3 is 1. The average molecular weight is 571 g/mol. The van der Waals surface area contributed by atoms with Gasteiger partial charge in [-0.3, -0.25) is 9.52 Å². The third kappa shape index (κ3) is 5.04. The Bertz CT molecular complexity index is 1490. The highest BCUT2D eigenvalue weighted by atomic mass is 32.2. The first-order chi connectivity index (χ1) is 18.6. The Labute approximate surface area is 220 Å². The summed E-state index contributed by atoms with van der Waals surface area (Å²) in [6, 6.07) is 6.03. The molecular weight excluding hydrogens is 548 g/mol. The van der Waals surface area contributed by atoms with Crippen molar-refractivity contribution in [2.75, 3.05) is 36.4 Å². The fraction of sp³-hybridized carbons (Fsp3) is 0.333. The molecule has 0 saturated carbocycles. The molecule has 2 aliphatic heterocycles. The smallest absolute Gasteiger partial charge is 0.302 e. The highest BCUT2D eigenvalue weighted by Gasteiger charge is 2.44. The molecule has 0 bridgehead atoms. The molecule has 1 amide bonds. The van der Waals surface area contributed by atoms with Gasteiger partial charge in [0, 0.05) is 36.3 Å². The second-order valence-electron chi connectivity index (χ2n) is 8.83. The van der Waals surface area contributed by atoms with E-state index in [9.17, 15) is 26.4 Å². The highest BCUT2D eigenvalue weighted by molar-refractivity contribution is 7.90. The normalized spacial score (nSPS) is 20.3. The molecule has 2 aromatic carbocycles. The van der Waals surface area contributed by atoms with Crippen LogP contribution < -0.4 is 14.4 Å². The number of aromatic nitrogens is 1. The summed E-state index contributed by atoms with van der Waals surface area (Å²) in [5.41, 5.74) is -1.57. The molecule has 0 unspecified atom stereocenters. The predicted molar refractivity (Wildman–Crippen MR) is 130 cm³/mol. The van der Waals surface area contributed by atoms with E-state index in [0.29, 0.717) is 0 Å². The van der Waals surface area contributed by atoms with Crippen molar-refractivity contribution in [1.82, 2.24) is 9.46 Å². The number of amides is 1. The topological polar surface area (TPSA) is 114 Å². The lowest BCUT2D eigenvalue weighted by molar-refractivity contribution is -0.134. The Hall–Kier alpha value is -3.69. The first kappa shape index (κ1) is 26.9. The molecule has 1 N–H and O–H groups in total. The summed E-state index contributed by atoms with van der Waals surface area (Å²) < 4.78 is 101. The molecule has 2 atom stereocenters. The molecule has 2 fully saturated rings. The lowest BCUT2D eigenvalue weighted by Crippen LogP contribution is -2.62. The number of hydrogen-bond donors (Lipinski definition) is 1. The molecular formula is C24H22F4N4O6S. The van der Waals surface area contributed by atoms with Crippen molar-refractivity contribution in [1.29, 1.82) is 0 Å². The van der Waals surface area contributed by atoms with Gasteiger partial charge in [-0.05, 0) is 12.5 Å². The number of nitrogens with one attached hydrogen (secondary N) is 1. The minimum absolute atomic E-state index is 0.00396. The number of carbonyl (C=O) groups excluding carboxylic acids is 1. The van der Waals surface area contributed by atoms with E-state index in [1.54, 1.807) is 0 Å². The zero-order valence-electron chi connectivity index (χ0n) is 20.3. The van der Waals surface area contributed by atoms with Crippen LogP contribution in [0.1, 0.15) is 18.4 Å². The van der Waals surface area contributed by atoms with E-state index in [1.807, 2.05) is 0 Å². The number of nitrogens with zero attached hydrogens (tertiary/aromatic N) is 3. The van der Waals surface area contributed by atoms with Crippen molar-refractivity contribution in [3.05, 3.63) is 59.9 Å². The van der Waals surface area contributed by atoms with Crippen LogP contribution in [0.15, 0.2) is 47.2 Å². The molecule has 0 spiro atoms. The summed E-state index contributed by atoms with van der Waals surface area (Å²) in [4.78, 5) is 14.2. The average Bonchev–Trinajstić information content (AvgIpc) is 3.41. The maximum absolute atomic E-state index is 15.4. The fourth-order valence-electron chi connectivity index (χ4n) is 4.79. The van der Waals surface area contributed by atoms with Gasteiger partial charge in [0.2, 0.25) is 0 Å². The van der Waals surface area contributed by atoms with Crippen LogP contribution in [0.5, 0.6) is 5.75 Å².